The van der Waals surface area contributed by atoms with Gasteiger partial charge in [0.15, 0.2) is 0 Å². The Labute approximate surface area is 81.1 Å². The molecule has 0 atom stereocenters. The normalized spacial score (nSPS) is 13.3. The summed E-state index contributed by atoms with van der Waals surface area (Å²) in [5.41, 5.74) is 5.42. The molecule has 0 fully saturated rings. The van der Waals surface area contributed by atoms with Crippen molar-refractivity contribution < 1.29 is 17.9 Å². The molecule has 0 saturated carbocycles. The first-order chi connectivity index (χ1) is 6.45. The van der Waals surface area contributed by atoms with Crippen molar-refractivity contribution in [3.05, 3.63) is 0 Å². The number of aliphatic imine (C=N–C) groups is 1. The lowest BCUT2D eigenvalue weighted by atomic mass is 10.3. The summed E-state index contributed by atoms with van der Waals surface area (Å²) in [5.74, 6) is 0.461. The topological polar surface area (TPSA) is 47.6 Å². The number of rotatable bonds is 6. The van der Waals surface area contributed by atoms with E-state index in [4.69, 9.17) is 5.73 Å². The molecule has 0 amide bonds. The van der Waals surface area contributed by atoms with Crippen molar-refractivity contribution >= 4 is 5.84 Å². The molecule has 3 nitrogen and oxygen atoms in total. The van der Waals surface area contributed by atoms with Gasteiger partial charge in [-0.05, 0) is 6.42 Å². The van der Waals surface area contributed by atoms with Crippen molar-refractivity contribution in [1.82, 2.24) is 0 Å². The van der Waals surface area contributed by atoms with Crippen molar-refractivity contribution in [3.8, 4) is 0 Å². The smallest absolute Gasteiger partial charge is 0.387 e. The standard InChI is InChI=1S/C8H15F3N2O/c1-2-3-7(12)13-4-5-14-6-8(9,10)11/h2-6H2,1H3,(H2,12,13). The number of hydrogen-bond donors (Lipinski definition) is 1. The number of nitrogens with two attached hydrogens (primary N) is 1. The van der Waals surface area contributed by atoms with E-state index in [1.165, 1.54) is 0 Å². The van der Waals surface area contributed by atoms with Crippen LogP contribution in [0.25, 0.3) is 0 Å². The Bertz CT molecular complexity index is 180. The fraction of sp³-hybridized carbons (Fsp3) is 0.875. The predicted octanol–water partition coefficient (Wildman–Crippen LogP) is 1.72. The third kappa shape index (κ3) is 9.31. The molecule has 0 unspecified atom stereocenters. The van der Waals surface area contributed by atoms with E-state index in [1.807, 2.05) is 6.92 Å². The molecule has 0 saturated heterocycles. The van der Waals surface area contributed by atoms with Gasteiger partial charge in [-0.3, -0.25) is 4.99 Å². The Kier molecular flexibility index (Phi) is 6.27. The summed E-state index contributed by atoms with van der Waals surface area (Å²) in [6, 6.07) is 0. The molecule has 6 heteroatoms. The second-order valence-corrected chi connectivity index (χ2v) is 2.79. The quantitative estimate of drug-likeness (QED) is 0.414. The van der Waals surface area contributed by atoms with Gasteiger partial charge in [-0.2, -0.15) is 13.2 Å². The molecule has 0 aliphatic rings. The summed E-state index contributed by atoms with van der Waals surface area (Å²) in [6.07, 6.45) is -2.73. The fourth-order valence-electron chi connectivity index (χ4n) is 0.777. The summed E-state index contributed by atoms with van der Waals surface area (Å²) in [4.78, 5) is 3.84. The predicted molar refractivity (Wildman–Crippen MR) is 48.3 cm³/mol. The highest BCUT2D eigenvalue weighted by Crippen LogP contribution is 2.13. The molecule has 0 bridgehead atoms. The summed E-state index contributed by atoms with van der Waals surface area (Å²) in [6.45, 7) is 0.852. The lowest BCUT2D eigenvalue weighted by molar-refractivity contribution is -0.173. The van der Waals surface area contributed by atoms with Crippen LogP contribution in [-0.4, -0.2) is 31.8 Å². The van der Waals surface area contributed by atoms with Crippen LogP contribution < -0.4 is 5.73 Å². The maximum Gasteiger partial charge on any atom is 0.411 e. The van der Waals surface area contributed by atoms with E-state index in [-0.39, 0.29) is 13.2 Å². The van der Waals surface area contributed by atoms with Gasteiger partial charge in [0.2, 0.25) is 0 Å². The van der Waals surface area contributed by atoms with Gasteiger partial charge in [-0.1, -0.05) is 6.92 Å². The number of hydrogen-bond acceptors (Lipinski definition) is 2. The zero-order valence-electron chi connectivity index (χ0n) is 8.10. The minimum Gasteiger partial charge on any atom is -0.387 e. The van der Waals surface area contributed by atoms with Crippen LogP contribution in [0.2, 0.25) is 0 Å². The van der Waals surface area contributed by atoms with Crippen molar-refractivity contribution in [1.29, 1.82) is 0 Å². The van der Waals surface area contributed by atoms with Gasteiger partial charge >= 0.3 is 6.18 Å². The second-order valence-electron chi connectivity index (χ2n) is 2.79. The number of nitrogens with zero attached hydrogens (tertiary/aromatic N) is 1. The molecule has 0 aromatic rings. The molecule has 0 aromatic carbocycles. The monoisotopic (exact) mass is 212 g/mol. The average Bonchev–Trinajstić information content (AvgIpc) is 2.02. The van der Waals surface area contributed by atoms with E-state index in [0.717, 1.165) is 6.42 Å². The summed E-state index contributed by atoms with van der Waals surface area (Å²) >= 11 is 0. The molecule has 84 valence electrons. The first-order valence-electron chi connectivity index (χ1n) is 4.39. The molecule has 0 aliphatic heterocycles. The van der Waals surface area contributed by atoms with Gasteiger partial charge in [0.05, 0.1) is 19.0 Å². The summed E-state index contributed by atoms with van der Waals surface area (Å²) in [5, 5.41) is 0. The maximum atomic E-state index is 11.6. The van der Waals surface area contributed by atoms with E-state index < -0.39 is 12.8 Å². The minimum atomic E-state index is -4.27. The van der Waals surface area contributed by atoms with Crippen molar-refractivity contribution in [2.24, 2.45) is 10.7 Å². The minimum absolute atomic E-state index is 0.0517. The van der Waals surface area contributed by atoms with Crippen LogP contribution in [0.4, 0.5) is 13.2 Å². The average molecular weight is 212 g/mol. The first kappa shape index (κ1) is 13.2. The molecule has 0 spiro atoms. The van der Waals surface area contributed by atoms with E-state index >= 15 is 0 Å². The Morgan fingerprint density at radius 1 is 1.43 bits per heavy atom. The summed E-state index contributed by atoms with van der Waals surface area (Å²) < 4.78 is 39.1. The van der Waals surface area contributed by atoms with Crippen molar-refractivity contribution in [3.63, 3.8) is 0 Å². The van der Waals surface area contributed by atoms with Crippen molar-refractivity contribution in [2.45, 2.75) is 25.9 Å². The van der Waals surface area contributed by atoms with Crippen molar-refractivity contribution in [2.75, 3.05) is 19.8 Å². The third-order valence-corrected chi connectivity index (χ3v) is 1.32. The van der Waals surface area contributed by atoms with Crippen LogP contribution in [0.3, 0.4) is 0 Å². The zero-order chi connectivity index (χ0) is 11.0. The lowest BCUT2D eigenvalue weighted by Gasteiger charge is -2.06. The molecule has 14 heavy (non-hydrogen) atoms. The van der Waals surface area contributed by atoms with Gasteiger partial charge in [-0.15, -0.1) is 0 Å². The zero-order valence-corrected chi connectivity index (χ0v) is 8.10. The van der Waals surface area contributed by atoms with Gasteiger partial charge in [-0.25, -0.2) is 0 Å². The van der Waals surface area contributed by atoms with Crippen LogP contribution in [0.15, 0.2) is 4.99 Å². The second kappa shape index (κ2) is 6.64. The number of ether oxygens (including phenoxy) is 1. The van der Waals surface area contributed by atoms with Crippen LogP contribution in [0.1, 0.15) is 19.8 Å². The highest BCUT2D eigenvalue weighted by Gasteiger charge is 2.27. The Hall–Kier alpha value is -0.780. The Morgan fingerprint density at radius 2 is 2.07 bits per heavy atom. The molecule has 0 aromatic heterocycles. The fourth-order valence-corrected chi connectivity index (χ4v) is 0.777. The molecule has 0 aliphatic carbocycles. The van der Waals surface area contributed by atoms with E-state index in [0.29, 0.717) is 12.3 Å². The number of alkyl halides is 3. The van der Waals surface area contributed by atoms with Crippen LogP contribution in [0.5, 0.6) is 0 Å². The largest absolute Gasteiger partial charge is 0.411 e. The molecule has 2 N–H and O–H groups in total. The maximum absolute atomic E-state index is 11.6. The number of amidine groups is 1. The number of halogens is 3. The van der Waals surface area contributed by atoms with Crippen LogP contribution in [-0.2, 0) is 4.74 Å². The SMILES string of the molecule is CCCC(N)=NCCOCC(F)(F)F. The molecule has 0 radical (unpaired) electrons. The Balaban J connectivity index is 3.42. The summed E-state index contributed by atoms with van der Waals surface area (Å²) in [7, 11) is 0. The van der Waals surface area contributed by atoms with Gasteiger partial charge in [0, 0.05) is 6.42 Å². The highest BCUT2D eigenvalue weighted by atomic mass is 19.4. The molecule has 0 rings (SSSR count). The van der Waals surface area contributed by atoms with Gasteiger partial charge in [0.25, 0.3) is 0 Å². The van der Waals surface area contributed by atoms with E-state index in [1.54, 1.807) is 0 Å². The highest BCUT2D eigenvalue weighted by molar-refractivity contribution is 5.80. The molecular weight excluding hydrogens is 197 g/mol. The Morgan fingerprint density at radius 3 is 2.57 bits per heavy atom. The van der Waals surface area contributed by atoms with E-state index in [9.17, 15) is 13.2 Å². The third-order valence-electron chi connectivity index (χ3n) is 1.32. The lowest BCUT2D eigenvalue weighted by Crippen LogP contribution is -2.19. The van der Waals surface area contributed by atoms with E-state index in [2.05, 4.69) is 9.73 Å². The van der Waals surface area contributed by atoms with Crippen LogP contribution in [0, 0.1) is 0 Å². The van der Waals surface area contributed by atoms with Gasteiger partial charge in [0.1, 0.15) is 6.61 Å². The molecular formula is C8H15F3N2O. The van der Waals surface area contributed by atoms with Crippen LogP contribution >= 0.6 is 0 Å². The van der Waals surface area contributed by atoms with Gasteiger partial charge < -0.3 is 10.5 Å². The first-order valence-corrected chi connectivity index (χ1v) is 4.39. The molecule has 0 heterocycles.